The van der Waals surface area contributed by atoms with Crippen molar-refractivity contribution in [1.29, 1.82) is 0 Å². The standard InChI is InChI=1S/C11H16N2O.C2H6/c1-11(2)5-4-9-10(12-8-11)13(3)6-7-14-9;1-2/h4-5,8H,6-7H2,1-3H3;1-2H3. The fourth-order valence-corrected chi connectivity index (χ4v) is 1.50. The molecule has 0 aromatic heterocycles. The van der Waals surface area contributed by atoms with Crippen LogP contribution in [0.25, 0.3) is 0 Å². The van der Waals surface area contributed by atoms with Gasteiger partial charge in [0.1, 0.15) is 6.61 Å². The molecular weight excluding hydrogens is 200 g/mol. The van der Waals surface area contributed by atoms with E-state index in [0.717, 1.165) is 24.7 Å². The Morgan fingerprint density at radius 2 is 2.06 bits per heavy atom. The molecule has 2 aliphatic rings. The highest BCUT2D eigenvalue weighted by molar-refractivity contribution is 5.70. The van der Waals surface area contributed by atoms with E-state index in [9.17, 15) is 0 Å². The minimum atomic E-state index is 0.0154. The van der Waals surface area contributed by atoms with Gasteiger partial charge in [-0.05, 0) is 6.08 Å². The third kappa shape index (κ3) is 2.87. The molecule has 90 valence electrons. The molecule has 3 nitrogen and oxygen atoms in total. The van der Waals surface area contributed by atoms with Gasteiger partial charge < -0.3 is 9.64 Å². The molecule has 0 saturated heterocycles. The van der Waals surface area contributed by atoms with Crippen molar-refractivity contribution in [2.24, 2.45) is 10.4 Å². The molecule has 2 aliphatic heterocycles. The van der Waals surface area contributed by atoms with Crippen molar-refractivity contribution in [2.45, 2.75) is 27.7 Å². The zero-order chi connectivity index (χ0) is 12.2. The largest absolute Gasteiger partial charge is 0.488 e. The maximum absolute atomic E-state index is 5.56. The molecule has 2 rings (SSSR count). The summed E-state index contributed by atoms with van der Waals surface area (Å²) < 4.78 is 5.56. The molecule has 0 aliphatic carbocycles. The maximum atomic E-state index is 5.56. The highest BCUT2D eigenvalue weighted by atomic mass is 16.5. The molecule has 0 aromatic carbocycles. The van der Waals surface area contributed by atoms with Crippen molar-refractivity contribution in [1.82, 2.24) is 4.90 Å². The fraction of sp³-hybridized carbons (Fsp3) is 0.615. The van der Waals surface area contributed by atoms with Crippen molar-refractivity contribution in [3.05, 3.63) is 23.7 Å². The van der Waals surface area contributed by atoms with E-state index in [2.05, 4.69) is 29.8 Å². The molecule has 0 atom stereocenters. The number of hydrogen-bond donors (Lipinski definition) is 0. The molecule has 0 aromatic rings. The smallest absolute Gasteiger partial charge is 0.170 e. The van der Waals surface area contributed by atoms with Crippen LogP contribution < -0.4 is 0 Å². The van der Waals surface area contributed by atoms with Gasteiger partial charge in [0.25, 0.3) is 0 Å². The zero-order valence-electron chi connectivity index (χ0n) is 10.9. The number of hydrogen-bond acceptors (Lipinski definition) is 3. The number of ether oxygens (including phenoxy) is 1. The third-order valence-corrected chi connectivity index (χ3v) is 2.45. The van der Waals surface area contributed by atoms with Crippen LogP contribution in [0.3, 0.4) is 0 Å². The van der Waals surface area contributed by atoms with E-state index in [1.807, 2.05) is 33.2 Å². The molecule has 0 saturated carbocycles. The summed E-state index contributed by atoms with van der Waals surface area (Å²) in [4.78, 5) is 6.60. The quantitative estimate of drug-likeness (QED) is 0.629. The van der Waals surface area contributed by atoms with E-state index in [1.54, 1.807) is 0 Å². The van der Waals surface area contributed by atoms with Crippen LogP contribution in [0, 0.1) is 5.41 Å². The van der Waals surface area contributed by atoms with E-state index in [1.165, 1.54) is 0 Å². The van der Waals surface area contributed by atoms with Crippen LogP contribution in [-0.2, 0) is 4.74 Å². The van der Waals surface area contributed by atoms with Gasteiger partial charge in [0.2, 0.25) is 0 Å². The first-order chi connectivity index (χ1) is 7.58. The first-order valence-corrected chi connectivity index (χ1v) is 5.91. The Balaban J connectivity index is 0.000000606. The molecule has 0 radical (unpaired) electrons. The summed E-state index contributed by atoms with van der Waals surface area (Å²) in [5, 5.41) is 0. The molecule has 0 fully saturated rings. The highest BCUT2D eigenvalue weighted by Gasteiger charge is 2.21. The van der Waals surface area contributed by atoms with Crippen molar-refractivity contribution in [3.63, 3.8) is 0 Å². The lowest BCUT2D eigenvalue weighted by Gasteiger charge is -2.26. The summed E-state index contributed by atoms with van der Waals surface area (Å²) in [5.74, 6) is 1.83. The molecule has 16 heavy (non-hydrogen) atoms. The van der Waals surface area contributed by atoms with Gasteiger partial charge in [-0.1, -0.05) is 33.8 Å². The van der Waals surface area contributed by atoms with Crippen LogP contribution in [0.15, 0.2) is 28.7 Å². The average molecular weight is 222 g/mol. The van der Waals surface area contributed by atoms with Gasteiger partial charge in [-0.2, -0.15) is 0 Å². The molecular formula is C13H22N2O. The van der Waals surface area contributed by atoms with Gasteiger partial charge in [0.15, 0.2) is 11.6 Å². The fourth-order valence-electron chi connectivity index (χ4n) is 1.50. The van der Waals surface area contributed by atoms with Crippen LogP contribution in [-0.4, -0.2) is 31.3 Å². The normalized spacial score (nSPS) is 21.7. The van der Waals surface area contributed by atoms with Crippen LogP contribution in [0.2, 0.25) is 0 Å². The van der Waals surface area contributed by atoms with Crippen molar-refractivity contribution < 1.29 is 4.74 Å². The SMILES string of the molecule is CC.CN1CCOC2=C1N=CC(C)(C)C=C2. The molecule has 0 unspecified atom stereocenters. The number of rotatable bonds is 0. The molecule has 0 bridgehead atoms. The Bertz CT molecular complexity index is 327. The summed E-state index contributed by atoms with van der Waals surface area (Å²) in [6.07, 6.45) is 6.12. The molecule has 0 N–H and O–H groups in total. The Labute approximate surface area is 98.5 Å². The second kappa shape index (κ2) is 5.19. The lowest BCUT2D eigenvalue weighted by Crippen LogP contribution is -2.27. The van der Waals surface area contributed by atoms with Gasteiger partial charge in [-0.25, -0.2) is 4.99 Å². The third-order valence-electron chi connectivity index (χ3n) is 2.45. The summed E-state index contributed by atoms with van der Waals surface area (Å²) in [7, 11) is 2.04. The monoisotopic (exact) mass is 222 g/mol. The van der Waals surface area contributed by atoms with E-state index < -0.39 is 0 Å². The summed E-state index contributed by atoms with van der Waals surface area (Å²) in [6, 6.07) is 0. The number of nitrogens with zero attached hydrogens (tertiary/aromatic N) is 2. The first kappa shape index (κ1) is 12.8. The second-order valence-corrected chi connectivity index (χ2v) is 4.37. The highest BCUT2D eigenvalue weighted by Crippen LogP contribution is 2.25. The van der Waals surface area contributed by atoms with E-state index in [-0.39, 0.29) is 5.41 Å². The van der Waals surface area contributed by atoms with Crippen LogP contribution >= 0.6 is 0 Å². The number of likely N-dealkylation sites (N-methyl/N-ethyl adjacent to an activating group) is 1. The zero-order valence-corrected chi connectivity index (χ0v) is 10.9. The summed E-state index contributed by atoms with van der Waals surface area (Å²) >= 11 is 0. The number of aliphatic imine (C=N–C) groups is 1. The van der Waals surface area contributed by atoms with Gasteiger partial charge in [-0.3, -0.25) is 0 Å². The molecule has 0 amide bonds. The average Bonchev–Trinajstić information content (AvgIpc) is 2.42. The van der Waals surface area contributed by atoms with E-state index >= 15 is 0 Å². The lowest BCUT2D eigenvalue weighted by atomic mass is 9.95. The van der Waals surface area contributed by atoms with Crippen LogP contribution in [0.4, 0.5) is 0 Å². The van der Waals surface area contributed by atoms with Gasteiger partial charge in [-0.15, -0.1) is 0 Å². The topological polar surface area (TPSA) is 24.8 Å². The van der Waals surface area contributed by atoms with E-state index in [4.69, 9.17) is 4.74 Å². The van der Waals surface area contributed by atoms with Crippen molar-refractivity contribution in [2.75, 3.05) is 20.2 Å². The Kier molecular flexibility index (Phi) is 4.16. The second-order valence-electron chi connectivity index (χ2n) is 4.37. The molecule has 0 spiro atoms. The van der Waals surface area contributed by atoms with E-state index in [0.29, 0.717) is 0 Å². The first-order valence-electron chi connectivity index (χ1n) is 5.91. The predicted octanol–water partition coefficient (Wildman–Crippen LogP) is 2.81. The molecule has 2 heterocycles. The summed E-state index contributed by atoms with van der Waals surface area (Å²) in [6.45, 7) is 9.91. The van der Waals surface area contributed by atoms with Crippen LogP contribution in [0.5, 0.6) is 0 Å². The minimum absolute atomic E-state index is 0.0154. The maximum Gasteiger partial charge on any atom is 0.170 e. The van der Waals surface area contributed by atoms with Gasteiger partial charge in [0.05, 0.1) is 6.54 Å². The Morgan fingerprint density at radius 3 is 2.75 bits per heavy atom. The van der Waals surface area contributed by atoms with Gasteiger partial charge >= 0.3 is 0 Å². The summed E-state index contributed by atoms with van der Waals surface area (Å²) in [5.41, 5.74) is 0.0154. The van der Waals surface area contributed by atoms with Crippen molar-refractivity contribution in [3.8, 4) is 0 Å². The lowest BCUT2D eigenvalue weighted by molar-refractivity contribution is 0.151. The molecule has 3 heteroatoms. The van der Waals surface area contributed by atoms with Crippen molar-refractivity contribution >= 4 is 6.21 Å². The van der Waals surface area contributed by atoms with Crippen LogP contribution in [0.1, 0.15) is 27.7 Å². The number of allylic oxidation sites excluding steroid dienone is 2. The Hall–Kier alpha value is -1.25. The Morgan fingerprint density at radius 1 is 1.38 bits per heavy atom. The minimum Gasteiger partial charge on any atom is -0.488 e. The predicted molar refractivity (Wildman–Crippen MR) is 68.4 cm³/mol. The van der Waals surface area contributed by atoms with Gasteiger partial charge in [0, 0.05) is 18.7 Å².